The van der Waals surface area contributed by atoms with Crippen molar-refractivity contribution in [1.82, 2.24) is 0 Å². The van der Waals surface area contributed by atoms with Crippen molar-refractivity contribution in [3.05, 3.63) is 51.4 Å². The van der Waals surface area contributed by atoms with Crippen LogP contribution in [0.25, 0.3) is 11.0 Å². The van der Waals surface area contributed by atoms with Gasteiger partial charge in [0.15, 0.2) is 6.61 Å². The third-order valence-electron chi connectivity index (χ3n) is 14.0. The first-order chi connectivity index (χ1) is 22.5. The molecule has 3 saturated carbocycles. The Labute approximate surface area is 282 Å². The molecule has 5 aliphatic rings. The number of esters is 1. The molecule has 0 spiro atoms. The molecule has 0 unspecified atom stereocenters. The fourth-order valence-electron chi connectivity index (χ4n) is 11.3. The molecule has 0 bridgehead atoms. The summed E-state index contributed by atoms with van der Waals surface area (Å²) < 4.78 is 17.4. The van der Waals surface area contributed by atoms with Crippen LogP contribution in [0.4, 0.5) is 0 Å². The second-order valence-corrected chi connectivity index (χ2v) is 17.3. The molecule has 1 aromatic carbocycles. The summed E-state index contributed by atoms with van der Waals surface area (Å²) in [5.74, 6) is 5.20. The van der Waals surface area contributed by atoms with Gasteiger partial charge < -0.3 is 13.9 Å². The minimum atomic E-state index is -0.327. The molecule has 47 heavy (non-hydrogen) atoms. The van der Waals surface area contributed by atoms with Gasteiger partial charge in [-0.3, -0.25) is 0 Å². The van der Waals surface area contributed by atoms with Crippen molar-refractivity contribution in [2.45, 2.75) is 137 Å². The van der Waals surface area contributed by atoms with Crippen LogP contribution in [0.3, 0.4) is 0 Å². The number of aryl methyl sites for hydroxylation is 1. The first-order valence-electron chi connectivity index (χ1n) is 19.1. The van der Waals surface area contributed by atoms with Crippen molar-refractivity contribution in [2.24, 2.45) is 46.3 Å². The van der Waals surface area contributed by atoms with E-state index in [2.05, 4.69) is 40.7 Å². The maximum atomic E-state index is 12.9. The van der Waals surface area contributed by atoms with Crippen LogP contribution in [-0.4, -0.2) is 18.7 Å². The lowest BCUT2D eigenvalue weighted by Gasteiger charge is -2.61. The largest absolute Gasteiger partial charge is 0.482 e. The van der Waals surface area contributed by atoms with Gasteiger partial charge in [-0.2, -0.15) is 0 Å². The van der Waals surface area contributed by atoms with Gasteiger partial charge in [0.25, 0.3) is 0 Å². The number of ether oxygens (including phenoxy) is 2. The molecule has 7 rings (SSSR count). The van der Waals surface area contributed by atoms with E-state index in [1.165, 1.54) is 63.4 Å². The van der Waals surface area contributed by atoms with Crippen molar-refractivity contribution in [3.63, 3.8) is 0 Å². The topological polar surface area (TPSA) is 65.7 Å². The maximum Gasteiger partial charge on any atom is 0.344 e. The maximum absolute atomic E-state index is 12.9. The summed E-state index contributed by atoms with van der Waals surface area (Å²) in [6.45, 7) is 12.3. The lowest BCUT2D eigenvalue weighted by Crippen LogP contribution is -2.52. The third kappa shape index (κ3) is 6.34. The lowest BCUT2D eigenvalue weighted by molar-refractivity contribution is -0.154. The molecule has 3 fully saturated rings. The second kappa shape index (κ2) is 13.0. The highest BCUT2D eigenvalue weighted by molar-refractivity contribution is 5.83. The number of fused-ring (bicyclic) bond motifs is 8. The molecule has 256 valence electrons. The van der Waals surface area contributed by atoms with E-state index in [0.717, 1.165) is 90.5 Å². The molecule has 1 heterocycles. The highest BCUT2D eigenvalue weighted by Gasteiger charge is 2.56. The minimum Gasteiger partial charge on any atom is -0.482 e. The van der Waals surface area contributed by atoms with Crippen molar-refractivity contribution >= 4 is 16.9 Å². The Morgan fingerprint density at radius 3 is 2.66 bits per heavy atom. The standard InChI is InChI=1S/C42H58O5/c1-26(2)8-6-9-27(3)28-12-17-36-35-15-13-29-22-31(18-21-42(29,5)37(35)19-20-41(36,4)24-28)46-39(43)25-45-30-14-16-33-32-10-7-11-34(32)40(44)47-38(33)23-30/h13-14,16,23,26-28,31,35-37H,6-12,15,17-22,24-25H2,1-5H3/t27-,28-,31-,35+,36-,37-,41-,42+/m1/s1. The smallest absolute Gasteiger partial charge is 0.344 e. The van der Waals surface area contributed by atoms with Gasteiger partial charge in [-0.05, 0) is 135 Å². The molecule has 5 nitrogen and oxygen atoms in total. The highest BCUT2D eigenvalue weighted by atomic mass is 16.6. The van der Waals surface area contributed by atoms with Crippen molar-refractivity contribution in [1.29, 1.82) is 0 Å². The Morgan fingerprint density at radius 2 is 1.83 bits per heavy atom. The van der Waals surface area contributed by atoms with Gasteiger partial charge in [0.2, 0.25) is 0 Å². The summed E-state index contributed by atoms with van der Waals surface area (Å²) in [7, 11) is 0. The highest BCUT2D eigenvalue weighted by Crippen LogP contribution is 2.65. The number of rotatable bonds is 9. The zero-order valence-corrected chi connectivity index (χ0v) is 29.7. The number of hydrogen-bond donors (Lipinski definition) is 0. The Morgan fingerprint density at radius 1 is 1.00 bits per heavy atom. The average Bonchev–Trinajstić information content (AvgIpc) is 3.54. The molecule has 5 aliphatic carbocycles. The first kappa shape index (κ1) is 33.0. The Hall–Kier alpha value is -2.56. The van der Waals surface area contributed by atoms with Gasteiger partial charge in [-0.15, -0.1) is 0 Å². The number of benzene rings is 1. The average molecular weight is 643 g/mol. The van der Waals surface area contributed by atoms with Gasteiger partial charge >= 0.3 is 11.6 Å². The number of hydrogen-bond acceptors (Lipinski definition) is 5. The van der Waals surface area contributed by atoms with E-state index < -0.39 is 0 Å². The van der Waals surface area contributed by atoms with Gasteiger partial charge in [0, 0.05) is 23.4 Å². The molecular weight excluding hydrogens is 584 g/mol. The minimum absolute atomic E-state index is 0.0827. The van der Waals surface area contributed by atoms with E-state index in [1.54, 1.807) is 6.07 Å². The van der Waals surface area contributed by atoms with Gasteiger partial charge in [0.05, 0.1) is 0 Å². The van der Waals surface area contributed by atoms with Crippen LogP contribution in [0.2, 0.25) is 0 Å². The molecule has 0 aliphatic heterocycles. The van der Waals surface area contributed by atoms with Crippen LogP contribution in [0, 0.1) is 46.3 Å². The van der Waals surface area contributed by atoms with Crippen molar-refractivity contribution < 1.29 is 18.7 Å². The van der Waals surface area contributed by atoms with Crippen LogP contribution in [0.5, 0.6) is 5.75 Å². The molecule has 0 N–H and O–H groups in total. The summed E-state index contributed by atoms with van der Waals surface area (Å²) in [4.78, 5) is 25.3. The molecule has 5 heteroatoms. The predicted octanol–water partition coefficient (Wildman–Crippen LogP) is 10.0. The summed E-state index contributed by atoms with van der Waals surface area (Å²) in [6.07, 6.45) is 20.4. The molecule has 0 amide bonds. The number of carbonyl (C=O) groups excluding carboxylic acids is 1. The van der Waals surface area contributed by atoms with E-state index in [9.17, 15) is 9.59 Å². The van der Waals surface area contributed by atoms with E-state index >= 15 is 0 Å². The number of allylic oxidation sites excluding steroid dienone is 1. The second-order valence-electron chi connectivity index (χ2n) is 17.3. The van der Waals surface area contributed by atoms with Gasteiger partial charge in [-0.1, -0.05) is 65.5 Å². The van der Waals surface area contributed by atoms with Gasteiger partial charge in [0.1, 0.15) is 17.4 Å². The first-order valence-corrected chi connectivity index (χ1v) is 19.1. The van der Waals surface area contributed by atoms with Crippen LogP contribution in [-0.2, 0) is 22.4 Å². The normalized spacial score (nSPS) is 33.7. The molecular formula is C42H58O5. The van der Waals surface area contributed by atoms with Crippen molar-refractivity contribution in [2.75, 3.05) is 6.61 Å². The summed E-state index contributed by atoms with van der Waals surface area (Å²) in [6, 6.07) is 5.54. The van der Waals surface area contributed by atoms with E-state index in [0.29, 0.717) is 16.7 Å². The molecule has 1 aromatic heterocycles. The Bertz CT molecular complexity index is 1570. The quantitative estimate of drug-likeness (QED) is 0.155. The van der Waals surface area contributed by atoms with E-state index in [-0.39, 0.29) is 29.7 Å². The Kier molecular flexibility index (Phi) is 9.15. The monoisotopic (exact) mass is 642 g/mol. The predicted molar refractivity (Wildman–Crippen MR) is 188 cm³/mol. The lowest BCUT2D eigenvalue weighted by atomic mass is 9.44. The molecule has 0 radical (unpaired) electrons. The fourth-order valence-corrected chi connectivity index (χ4v) is 11.3. The summed E-state index contributed by atoms with van der Waals surface area (Å²) >= 11 is 0. The van der Waals surface area contributed by atoms with E-state index in [4.69, 9.17) is 13.9 Å². The summed E-state index contributed by atoms with van der Waals surface area (Å²) in [5, 5.41) is 0.970. The SMILES string of the molecule is CC(C)CCC[C@@H](C)[C@@H]1CC[C@@H]2[C@@H]3CC=C4C[C@H](OC(=O)COc5ccc6c7c(c(=O)oc6c5)CCC7)CC[C@]4(C)[C@@H]3CC[C@]2(C)C1. The Balaban J connectivity index is 0.940. The van der Waals surface area contributed by atoms with Crippen LogP contribution in [0.1, 0.15) is 129 Å². The van der Waals surface area contributed by atoms with E-state index in [1.807, 2.05) is 12.1 Å². The third-order valence-corrected chi connectivity index (χ3v) is 14.0. The molecule has 2 aromatic rings. The summed E-state index contributed by atoms with van der Waals surface area (Å²) in [5.41, 5.74) is 4.46. The fraction of sp³-hybridized carbons (Fsp3) is 0.714. The zero-order chi connectivity index (χ0) is 32.9. The van der Waals surface area contributed by atoms with Crippen LogP contribution in [0.15, 0.2) is 39.1 Å². The molecule has 8 atom stereocenters. The van der Waals surface area contributed by atoms with Crippen LogP contribution < -0.4 is 10.4 Å². The molecule has 0 saturated heterocycles. The zero-order valence-electron chi connectivity index (χ0n) is 29.7. The van der Waals surface area contributed by atoms with Crippen LogP contribution >= 0.6 is 0 Å². The van der Waals surface area contributed by atoms with Gasteiger partial charge in [-0.25, -0.2) is 9.59 Å². The number of carbonyl (C=O) groups is 1. The van der Waals surface area contributed by atoms with Crippen molar-refractivity contribution in [3.8, 4) is 5.75 Å².